The molecule has 0 atom stereocenters. The number of aromatic amines is 1. The van der Waals surface area contributed by atoms with Crippen molar-refractivity contribution in [2.75, 3.05) is 7.11 Å². The van der Waals surface area contributed by atoms with Crippen molar-refractivity contribution in [3.8, 4) is 11.4 Å². The Morgan fingerprint density at radius 1 is 1.53 bits per heavy atom. The molecule has 4 nitrogen and oxygen atoms in total. The SMILES string of the molecule is COCc1nc(-c2cc(Cl)ccc2Br)[nH]c(=O)c1I. The molecule has 19 heavy (non-hydrogen) atoms. The van der Waals surface area contributed by atoms with E-state index in [0.29, 0.717) is 20.1 Å². The molecule has 0 saturated carbocycles. The van der Waals surface area contributed by atoms with Crippen molar-refractivity contribution in [2.24, 2.45) is 0 Å². The Hall–Kier alpha value is -0.440. The van der Waals surface area contributed by atoms with Crippen molar-refractivity contribution in [1.82, 2.24) is 9.97 Å². The fourth-order valence-corrected chi connectivity index (χ4v) is 2.56. The number of rotatable bonds is 3. The molecule has 1 aromatic heterocycles. The Balaban J connectivity index is 2.62. The minimum Gasteiger partial charge on any atom is -0.378 e. The lowest BCUT2D eigenvalue weighted by molar-refractivity contribution is 0.180. The van der Waals surface area contributed by atoms with E-state index in [1.807, 2.05) is 28.7 Å². The highest BCUT2D eigenvalue weighted by Crippen LogP contribution is 2.28. The van der Waals surface area contributed by atoms with Crippen LogP contribution in [-0.4, -0.2) is 17.1 Å². The summed E-state index contributed by atoms with van der Waals surface area (Å²) in [5.41, 5.74) is 1.15. The Morgan fingerprint density at radius 2 is 2.26 bits per heavy atom. The molecule has 1 heterocycles. The first-order chi connectivity index (χ1) is 9.02. The lowest BCUT2D eigenvalue weighted by atomic mass is 10.2. The summed E-state index contributed by atoms with van der Waals surface area (Å²) in [6.07, 6.45) is 0. The molecule has 1 N–H and O–H groups in total. The largest absolute Gasteiger partial charge is 0.378 e. The third-order valence-electron chi connectivity index (χ3n) is 2.40. The molecule has 100 valence electrons. The highest BCUT2D eigenvalue weighted by Gasteiger charge is 2.12. The fraction of sp³-hybridized carbons (Fsp3) is 0.167. The van der Waals surface area contributed by atoms with Crippen molar-refractivity contribution in [3.63, 3.8) is 0 Å². The molecule has 0 radical (unpaired) electrons. The Labute approximate surface area is 136 Å². The van der Waals surface area contributed by atoms with Crippen LogP contribution in [0.4, 0.5) is 0 Å². The molecule has 0 aliphatic heterocycles. The molecule has 1 aromatic carbocycles. The number of nitrogens with one attached hydrogen (secondary N) is 1. The quantitative estimate of drug-likeness (QED) is 0.720. The van der Waals surface area contributed by atoms with Gasteiger partial charge in [-0.15, -0.1) is 0 Å². The molecule has 0 aliphatic rings. The zero-order valence-electron chi connectivity index (χ0n) is 9.84. The lowest BCUT2D eigenvalue weighted by Gasteiger charge is -2.08. The number of ether oxygens (including phenoxy) is 1. The van der Waals surface area contributed by atoms with E-state index in [9.17, 15) is 4.79 Å². The Bertz CT molecular complexity index is 675. The van der Waals surface area contributed by atoms with E-state index < -0.39 is 0 Å². The predicted octanol–water partition coefficient (Wildman–Crippen LogP) is 3.60. The average molecular weight is 455 g/mol. The van der Waals surface area contributed by atoms with E-state index in [2.05, 4.69) is 25.9 Å². The van der Waals surface area contributed by atoms with E-state index in [1.165, 1.54) is 0 Å². The predicted molar refractivity (Wildman–Crippen MR) is 86.4 cm³/mol. The molecule has 0 aliphatic carbocycles. The standard InChI is InChI=1S/C12H9BrClIN2O2/c1-19-5-9-10(15)12(18)17-11(16-9)7-4-6(14)2-3-8(7)13/h2-4H,5H2,1H3,(H,16,17,18). The molecule has 0 spiro atoms. The number of hydrogen-bond donors (Lipinski definition) is 1. The smallest absolute Gasteiger partial charge is 0.264 e. The van der Waals surface area contributed by atoms with Gasteiger partial charge in [-0.05, 0) is 40.8 Å². The van der Waals surface area contributed by atoms with Crippen LogP contribution < -0.4 is 5.56 Å². The summed E-state index contributed by atoms with van der Waals surface area (Å²) in [5.74, 6) is 0.465. The molecular weight excluding hydrogens is 446 g/mol. The van der Waals surface area contributed by atoms with Gasteiger partial charge in [-0.3, -0.25) is 4.79 Å². The number of nitrogens with zero attached hydrogens (tertiary/aromatic N) is 1. The van der Waals surface area contributed by atoms with Crippen molar-refractivity contribution < 1.29 is 4.74 Å². The maximum Gasteiger partial charge on any atom is 0.264 e. The number of aromatic nitrogens is 2. The van der Waals surface area contributed by atoms with Gasteiger partial charge >= 0.3 is 0 Å². The molecule has 0 saturated heterocycles. The first-order valence-corrected chi connectivity index (χ1v) is 7.51. The molecule has 7 heteroatoms. The van der Waals surface area contributed by atoms with Gasteiger partial charge in [0.1, 0.15) is 9.39 Å². The van der Waals surface area contributed by atoms with Crippen LogP contribution in [-0.2, 0) is 11.3 Å². The normalized spacial score (nSPS) is 10.7. The summed E-state index contributed by atoms with van der Waals surface area (Å²) in [6, 6.07) is 5.31. The van der Waals surface area contributed by atoms with Crippen LogP contribution in [0, 0.1) is 3.57 Å². The van der Waals surface area contributed by atoms with Crippen molar-refractivity contribution >= 4 is 50.1 Å². The molecule has 0 bridgehead atoms. The van der Waals surface area contributed by atoms with Gasteiger partial charge in [-0.1, -0.05) is 27.5 Å². The average Bonchev–Trinajstić information content (AvgIpc) is 2.38. The third-order valence-corrected chi connectivity index (χ3v) is 4.44. The summed E-state index contributed by atoms with van der Waals surface area (Å²) in [6.45, 7) is 0.285. The number of methoxy groups -OCH3 is 1. The van der Waals surface area contributed by atoms with E-state index in [-0.39, 0.29) is 12.2 Å². The summed E-state index contributed by atoms with van der Waals surface area (Å²) >= 11 is 11.3. The van der Waals surface area contributed by atoms with Crippen molar-refractivity contribution in [1.29, 1.82) is 0 Å². The Kier molecular flexibility index (Phi) is 4.99. The molecule has 0 amide bonds. The topological polar surface area (TPSA) is 55.0 Å². The van der Waals surface area contributed by atoms with Crippen LogP contribution in [0.1, 0.15) is 5.69 Å². The highest BCUT2D eigenvalue weighted by atomic mass is 127. The fourth-order valence-electron chi connectivity index (χ4n) is 1.54. The van der Waals surface area contributed by atoms with E-state index in [4.69, 9.17) is 16.3 Å². The van der Waals surface area contributed by atoms with Gasteiger partial charge in [0.2, 0.25) is 0 Å². The number of H-pyrrole nitrogens is 1. The van der Waals surface area contributed by atoms with Crippen LogP contribution in [0.2, 0.25) is 5.02 Å². The van der Waals surface area contributed by atoms with E-state index in [0.717, 1.165) is 10.0 Å². The van der Waals surface area contributed by atoms with Gasteiger partial charge in [0.25, 0.3) is 5.56 Å². The van der Waals surface area contributed by atoms with Crippen molar-refractivity contribution in [3.05, 3.63) is 47.3 Å². The zero-order chi connectivity index (χ0) is 14.0. The first kappa shape index (κ1) is 15.0. The van der Waals surface area contributed by atoms with Crippen LogP contribution in [0.25, 0.3) is 11.4 Å². The monoisotopic (exact) mass is 454 g/mol. The van der Waals surface area contributed by atoms with Gasteiger partial charge in [-0.25, -0.2) is 4.98 Å². The molecule has 0 unspecified atom stereocenters. The van der Waals surface area contributed by atoms with Crippen molar-refractivity contribution in [2.45, 2.75) is 6.61 Å². The highest BCUT2D eigenvalue weighted by molar-refractivity contribution is 14.1. The number of halogens is 3. The van der Waals surface area contributed by atoms with E-state index >= 15 is 0 Å². The summed E-state index contributed by atoms with van der Waals surface area (Å²) < 4.78 is 6.39. The summed E-state index contributed by atoms with van der Waals surface area (Å²) in [5, 5.41) is 0.577. The maximum atomic E-state index is 11.9. The zero-order valence-corrected chi connectivity index (χ0v) is 14.3. The third kappa shape index (κ3) is 3.36. The second-order valence-corrected chi connectivity index (χ2v) is 6.10. The molecule has 0 fully saturated rings. The van der Waals surface area contributed by atoms with Gasteiger partial charge in [0.15, 0.2) is 0 Å². The van der Waals surface area contributed by atoms with Crippen LogP contribution in [0.15, 0.2) is 27.5 Å². The summed E-state index contributed by atoms with van der Waals surface area (Å²) in [4.78, 5) is 19.1. The van der Waals surface area contributed by atoms with Gasteiger partial charge in [0, 0.05) is 22.2 Å². The number of benzene rings is 1. The first-order valence-electron chi connectivity index (χ1n) is 5.26. The molecule has 2 rings (SSSR count). The second-order valence-electron chi connectivity index (χ2n) is 3.73. The van der Waals surface area contributed by atoms with Crippen LogP contribution in [0.5, 0.6) is 0 Å². The summed E-state index contributed by atoms with van der Waals surface area (Å²) in [7, 11) is 1.56. The van der Waals surface area contributed by atoms with Gasteiger partial charge in [0.05, 0.1) is 12.3 Å². The molecule has 2 aromatic rings. The van der Waals surface area contributed by atoms with Gasteiger partial charge < -0.3 is 9.72 Å². The van der Waals surface area contributed by atoms with Gasteiger partial charge in [-0.2, -0.15) is 0 Å². The van der Waals surface area contributed by atoms with Crippen LogP contribution in [0.3, 0.4) is 0 Å². The maximum absolute atomic E-state index is 11.9. The second kappa shape index (κ2) is 6.34. The lowest BCUT2D eigenvalue weighted by Crippen LogP contribution is -2.16. The van der Waals surface area contributed by atoms with E-state index in [1.54, 1.807) is 19.2 Å². The van der Waals surface area contributed by atoms with Crippen LogP contribution >= 0.6 is 50.1 Å². The Morgan fingerprint density at radius 3 is 2.95 bits per heavy atom. The minimum atomic E-state index is -0.190. The number of hydrogen-bond acceptors (Lipinski definition) is 3. The molecular formula is C12H9BrClIN2O2. The minimum absolute atomic E-state index is 0.190.